The molecule has 0 bridgehead atoms. The topological polar surface area (TPSA) is 80.0 Å². The summed E-state index contributed by atoms with van der Waals surface area (Å²) >= 11 is 0. The van der Waals surface area contributed by atoms with Gasteiger partial charge in [0, 0.05) is 18.3 Å². The fourth-order valence-electron chi connectivity index (χ4n) is 1.10. The van der Waals surface area contributed by atoms with Gasteiger partial charge in [-0.05, 0) is 17.5 Å². The van der Waals surface area contributed by atoms with Crippen LogP contribution in [0.5, 0.6) is 0 Å². The van der Waals surface area contributed by atoms with E-state index in [-0.39, 0.29) is 11.3 Å². The summed E-state index contributed by atoms with van der Waals surface area (Å²) in [6.07, 6.45) is 1.54. The summed E-state index contributed by atoms with van der Waals surface area (Å²) in [4.78, 5) is 15.7. The molecule has 1 aromatic rings. The molecular formula is C11H18N4O. The van der Waals surface area contributed by atoms with E-state index < -0.39 is 0 Å². The Morgan fingerprint density at radius 3 is 2.75 bits per heavy atom. The van der Waals surface area contributed by atoms with Crippen LogP contribution in [0.3, 0.4) is 0 Å². The highest BCUT2D eigenvalue weighted by atomic mass is 16.1. The molecule has 1 rings (SSSR count). The second-order valence-electron chi connectivity index (χ2n) is 4.82. The van der Waals surface area contributed by atoms with Crippen molar-refractivity contribution >= 4 is 11.7 Å². The minimum absolute atomic E-state index is 0.0671. The van der Waals surface area contributed by atoms with Crippen molar-refractivity contribution in [1.29, 1.82) is 0 Å². The molecular weight excluding hydrogens is 204 g/mol. The maximum atomic E-state index is 11.8. The standard InChI is InChI=1S/C11H18N4O/c1-11(2,3)7-14-10(16)8-4-5-13-9(6-8)15-12/h4-6H,7,12H2,1-3H3,(H,13,15)(H,14,16). The number of nitrogens with two attached hydrogens (primary N) is 1. The molecule has 5 heteroatoms. The molecule has 0 aromatic carbocycles. The molecule has 16 heavy (non-hydrogen) atoms. The zero-order valence-electron chi connectivity index (χ0n) is 9.87. The van der Waals surface area contributed by atoms with Crippen molar-refractivity contribution in [3.63, 3.8) is 0 Å². The molecule has 88 valence electrons. The molecule has 0 aliphatic rings. The molecule has 1 amide bonds. The van der Waals surface area contributed by atoms with Crippen molar-refractivity contribution in [2.24, 2.45) is 11.3 Å². The summed E-state index contributed by atoms with van der Waals surface area (Å²) in [6, 6.07) is 3.26. The van der Waals surface area contributed by atoms with Crippen LogP contribution in [-0.4, -0.2) is 17.4 Å². The molecule has 0 spiro atoms. The van der Waals surface area contributed by atoms with Crippen molar-refractivity contribution in [2.75, 3.05) is 12.0 Å². The van der Waals surface area contributed by atoms with Gasteiger partial charge in [0.2, 0.25) is 0 Å². The van der Waals surface area contributed by atoms with Gasteiger partial charge in [0.15, 0.2) is 0 Å². The number of nitrogens with one attached hydrogen (secondary N) is 2. The van der Waals surface area contributed by atoms with E-state index in [1.807, 2.05) is 0 Å². The molecule has 0 aliphatic carbocycles. The Balaban J connectivity index is 2.66. The Bertz CT molecular complexity index is 370. The number of pyridine rings is 1. The lowest BCUT2D eigenvalue weighted by atomic mass is 9.97. The summed E-state index contributed by atoms with van der Waals surface area (Å²) in [5.74, 6) is 5.58. The molecule has 5 nitrogen and oxygen atoms in total. The van der Waals surface area contributed by atoms with Crippen LogP contribution in [-0.2, 0) is 0 Å². The number of anilines is 1. The molecule has 0 atom stereocenters. The Labute approximate surface area is 95.4 Å². The maximum absolute atomic E-state index is 11.8. The second-order valence-corrected chi connectivity index (χ2v) is 4.82. The molecule has 0 unspecified atom stereocenters. The Hall–Kier alpha value is -1.62. The van der Waals surface area contributed by atoms with Crippen LogP contribution in [0.2, 0.25) is 0 Å². The monoisotopic (exact) mass is 222 g/mol. The average Bonchev–Trinajstić information content (AvgIpc) is 2.25. The van der Waals surface area contributed by atoms with Crippen molar-refractivity contribution in [2.45, 2.75) is 20.8 Å². The van der Waals surface area contributed by atoms with Crippen LogP contribution in [0.4, 0.5) is 5.82 Å². The summed E-state index contributed by atoms with van der Waals surface area (Å²) in [5.41, 5.74) is 3.02. The quantitative estimate of drug-likeness (QED) is 0.529. The third-order valence-electron chi connectivity index (χ3n) is 1.95. The predicted octanol–water partition coefficient (Wildman–Crippen LogP) is 1.14. The highest BCUT2D eigenvalue weighted by Crippen LogP contribution is 2.11. The van der Waals surface area contributed by atoms with Crippen LogP contribution in [0.1, 0.15) is 31.1 Å². The molecule has 0 aliphatic heterocycles. The summed E-state index contributed by atoms with van der Waals surface area (Å²) in [6.45, 7) is 6.81. The first-order valence-electron chi connectivity index (χ1n) is 5.13. The van der Waals surface area contributed by atoms with Crippen molar-refractivity contribution in [3.05, 3.63) is 23.9 Å². The van der Waals surface area contributed by atoms with Gasteiger partial charge in [-0.1, -0.05) is 20.8 Å². The first-order valence-corrected chi connectivity index (χ1v) is 5.13. The number of hydrazine groups is 1. The summed E-state index contributed by atoms with van der Waals surface area (Å²) < 4.78 is 0. The SMILES string of the molecule is CC(C)(C)CNC(=O)c1ccnc(NN)c1. The van der Waals surface area contributed by atoms with Gasteiger partial charge in [0.25, 0.3) is 5.91 Å². The van der Waals surface area contributed by atoms with Gasteiger partial charge in [-0.3, -0.25) is 4.79 Å². The Kier molecular flexibility index (Phi) is 3.84. The third kappa shape index (κ3) is 3.86. The van der Waals surface area contributed by atoms with E-state index in [9.17, 15) is 4.79 Å². The Morgan fingerprint density at radius 1 is 1.50 bits per heavy atom. The van der Waals surface area contributed by atoms with E-state index in [4.69, 9.17) is 5.84 Å². The van der Waals surface area contributed by atoms with Gasteiger partial charge in [-0.25, -0.2) is 10.8 Å². The fraction of sp³-hybridized carbons (Fsp3) is 0.455. The molecule has 1 heterocycles. The normalized spacial score (nSPS) is 11.0. The second kappa shape index (κ2) is 4.94. The number of hydrogen-bond donors (Lipinski definition) is 3. The lowest BCUT2D eigenvalue weighted by molar-refractivity contribution is 0.0939. The number of nitrogen functional groups attached to an aromatic ring is 1. The zero-order chi connectivity index (χ0) is 12.2. The first-order chi connectivity index (χ1) is 7.42. The van der Waals surface area contributed by atoms with Crippen molar-refractivity contribution in [3.8, 4) is 0 Å². The van der Waals surface area contributed by atoms with Crippen LogP contribution in [0, 0.1) is 5.41 Å². The van der Waals surface area contributed by atoms with Gasteiger partial charge in [0.05, 0.1) is 0 Å². The molecule has 0 saturated carbocycles. The summed E-state index contributed by atoms with van der Waals surface area (Å²) in [7, 11) is 0. The maximum Gasteiger partial charge on any atom is 0.251 e. The van der Waals surface area contributed by atoms with Crippen LogP contribution in [0.25, 0.3) is 0 Å². The number of aromatic nitrogens is 1. The van der Waals surface area contributed by atoms with Gasteiger partial charge >= 0.3 is 0 Å². The Morgan fingerprint density at radius 2 is 2.19 bits per heavy atom. The minimum atomic E-state index is -0.117. The molecule has 4 N–H and O–H groups in total. The van der Waals surface area contributed by atoms with Gasteiger partial charge in [0.1, 0.15) is 5.82 Å². The number of carbonyl (C=O) groups is 1. The number of carbonyl (C=O) groups excluding carboxylic acids is 1. The number of nitrogens with zero attached hydrogens (tertiary/aromatic N) is 1. The smallest absolute Gasteiger partial charge is 0.251 e. The minimum Gasteiger partial charge on any atom is -0.352 e. The van der Waals surface area contributed by atoms with E-state index in [0.717, 1.165) is 0 Å². The van der Waals surface area contributed by atoms with E-state index in [1.54, 1.807) is 18.3 Å². The van der Waals surface area contributed by atoms with Crippen LogP contribution in [0.15, 0.2) is 18.3 Å². The molecule has 0 fully saturated rings. The summed E-state index contributed by atoms with van der Waals surface area (Å²) in [5, 5.41) is 2.85. The van der Waals surface area contributed by atoms with Crippen molar-refractivity contribution in [1.82, 2.24) is 10.3 Å². The van der Waals surface area contributed by atoms with Crippen molar-refractivity contribution < 1.29 is 4.79 Å². The average molecular weight is 222 g/mol. The van der Waals surface area contributed by atoms with E-state index in [1.165, 1.54) is 0 Å². The van der Waals surface area contributed by atoms with Crippen LogP contribution >= 0.6 is 0 Å². The zero-order valence-corrected chi connectivity index (χ0v) is 9.87. The lowest BCUT2D eigenvalue weighted by Crippen LogP contribution is -2.32. The fourth-order valence-corrected chi connectivity index (χ4v) is 1.10. The van der Waals surface area contributed by atoms with Gasteiger partial charge in [-0.15, -0.1) is 0 Å². The van der Waals surface area contributed by atoms with E-state index in [0.29, 0.717) is 17.9 Å². The van der Waals surface area contributed by atoms with E-state index in [2.05, 4.69) is 36.5 Å². The highest BCUT2D eigenvalue weighted by molar-refractivity contribution is 5.94. The van der Waals surface area contributed by atoms with E-state index >= 15 is 0 Å². The highest BCUT2D eigenvalue weighted by Gasteiger charge is 2.13. The largest absolute Gasteiger partial charge is 0.352 e. The molecule has 1 aromatic heterocycles. The predicted molar refractivity (Wildman–Crippen MR) is 63.8 cm³/mol. The van der Waals surface area contributed by atoms with Gasteiger partial charge in [-0.2, -0.15) is 0 Å². The molecule has 0 radical (unpaired) electrons. The van der Waals surface area contributed by atoms with Crippen LogP contribution < -0.4 is 16.6 Å². The molecule has 0 saturated heterocycles. The first kappa shape index (κ1) is 12.4. The lowest BCUT2D eigenvalue weighted by Gasteiger charge is -2.18. The third-order valence-corrected chi connectivity index (χ3v) is 1.95. The number of rotatable bonds is 3. The van der Waals surface area contributed by atoms with Gasteiger partial charge < -0.3 is 10.7 Å². The number of hydrogen-bond acceptors (Lipinski definition) is 4. The number of amides is 1.